The Morgan fingerprint density at radius 3 is 2.02 bits per heavy atom. The van der Waals surface area contributed by atoms with E-state index in [9.17, 15) is 24.0 Å². The highest BCUT2D eigenvalue weighted by molar-refractivity contribution is 5.88. The highest BCUT2D eigenvalue weighted by Gasteiger charge is 2.52. The first-order chi connectivity index (χ1) is 18.9. The molecule has 216 valence electrons. The van der Waals surface area contributed by atoms with Crippen LogP contribution in [0.15, 0.2) is 36.4 Å². The van der Waals surface area contributed by atoms with E-state index in [0.717, 1.165) is 31.5 Å². The van der Waals surface area contributed by atoms with Crippen molar-refractivity contribution in [3.05, 3.63) is 42.0 Å². The number of carbonyl (C=O) groups excluding carboxylic acids is 5. The maximum Gasteiger partial charge on any atom is 0.305 e. The molecule has 6 atom stereocenters. The molecule has 0 aromatic heterocycles. The van der Waals surface area contributed by atoms with E-state index in [1.54, 1.807) is 20.1 Å². The first-order valence-electron chi connectivity index (χ1n) is 12.6. The summed E-state index contributed by atoms with van der Waals surface area (Å²) in [7, 11) is 1.58. The smallest absolute Gasteiger partial charge is 0.305 e. The van der Waals surface area contributed by atoms with E-state index in [1.165, 1.54) is 6.92 Å². The summed E-state index contributed by atoms with van der Waals surface area (Å²) >= 11 is 0. The van der Waals surface area contributed by atoms with Crippen molar-refractivity contribution in [2.45, 2.75) is 71.2 Å². The Hall–Kier alpha value is -4.19. The molecule has 1 fully saturated rings. The number of ether oxygens (including phenoxy) is 6. The Kier molecular flexibility index (Phi) is 10.1. The summed E-state index contributed by atoms with van der Waals surface area (Å²) < 4.78 is 32.3. The van der Waals surface area contributed by atoms with Gasteiger partial charge in [-0.15, -0.1) is 0 Å². The second kappa shape index (κ2) is 13.2. The molecular weight excluding hydrogens is 526 g/mol. The van der Waals surface area contributed by atoms with Crippen molar-refractivity contribution in [2.75, 3.05) is 13.7 Å². The van der Waals surface area contributed by atoms with Crippen molar-refractivity contribution < 1.29 is 52.4 Å². The lowest BCUT2D eigenvalue weighted by molar-refractivity contribution is -0.271. The van der Waals surface area contributed by atoms with Crippen LogP contribution in [0, 0.1) is 0 Å². The molecule has 12 heteroatoms. The van der Waals surface area contributed by atoms with E-state index in [1.807, 2.05) is 30.3 Å². The van der Waals surface area contributed by atoms with Gasteiger partial charge in [-0.2, -0.15) is 0 Å². The van der Waals surface area contributed by atoms with Gasteiger partial charge in [0.05, 0.1) is 13.0 Å². The quantitative estimate of drug-likeness (QED) is 0.355. The molecule has 0 bridgehead atoms. The second-order valence-electron chi connectivity index (χ2n) is 9.33. The largest absolute Gasteiger partial charge is 0.497 e. The van der Waals surface area contributed by atoms with Gasteiger partial charge < -0.3 is 33.7 Å². The highest BCUT2D eigenvalue weighted by Crippen LogP contribution is 2.30. The summed E-state index contributed by atoms with van der Waals surface area (Å²) in [5.41, 5.74) is 0.684. The van der Waals surface area contributed by atoms with E-state index in [4.69, 9.17) is 28.4 Å². The van der Waals surface area contributed by atoms with Crippen LogP contribution >= 0.6 is 0 Å². The van der Waals surface area contributed by atoms with Crippen LogP contribution in [-0.4, -0.2) is 74.1 Å². The summed E-state index contributed by atoms with van der Waals surface area (Å²) in [5, 5.41) is 4.55. The Bertz CT molecular complexity index is 1280. The number of amides is 1. The second-order valence-corrected chi connectivity index (χ2v) is 9.33. The molecule has 40 heavy (non-hydrogen) atoms. The van der Waals surface area contributed by atoms with Crippen molar-refractivity contribution in [1.29, 1.82) is 0 Å². The molecule has 12 nitrogen and oxygen atoms in total. The topological polar surface area (TPSA) is 153 Å². The van der Waals surface area contributed by atoms with Gasteiger partial charge >= 0.3 is 23.9 Å². The monoisotopic (exact) mass is 559 g/mol. The van der Waals surface area contributed by atoms with Gasteiger partial charge in [0.25, 0.3) is 0 Å². The molecule has 1 saturated heterocycles. The number of esters is 4. The highest BCUT2D eigenvalue weighted by atomic mass is 16.7. The standard InChI is InChI=1S/C28H33NO11/c1-14(19-7-8-21-12-22(35-6)10-9-20(21)11-19)27(34)29-24-26(38-17(4)32)25(37-16(3)31)23(13-36-15(2)30)40-28(24)39-18(5)33/h7-12,14,23-26,28H,13H2,1-6H3,(H,29,34). The number of nitrogens with one attached hydrogen (secondary N) is 1. The molecule has 1 amide bonds. The normalized spacial score (nSPS) is 22.9. The molecule has 1 aliphatic heterocycles. The first-order valence-corrected chi connectivity index (χ1v) is 12.6. The summed E-state index contributed by atoms with van der Waals surface area (Å²) in [6.45, 7) is 5.85. The number of fused-ring (bicyclic) bond motifs is 1. The van der Waals surface area contributed by atoms with Crippen LogP contribution in [0.4, 0.5) is 0 Å². The predicted octanol–water partition coefficient (Wildman–Crippen LogP) is 2.15. The molecule has 0 spiro atoms. The number of hydrogen-bond acceptors (Lipinski definition) is 11. The van der Waals surface area contributed by atoms with Gasteiger partial charge in [0.2, 0.25) is 12.2 Å². The number of hydrogen-bond donors (Lipinski definition) is 1. The molecule has 2 aromatic carbocycles. The number of methoxy groups -OCH3 is 1. The van der Waals surface area contributed by atoms with Gasteiger partial charge in [-0.3, -0.25) is 24.0 Å². The SMILES string of the molecule is COc1ccc2cc(C(C)C(=O)NC3C(OC(C)=O)OC(COC(C)=O)C(OC(C)=O)C3OC(C)=O)ccc2c1. The average Bonchev–Trinajstić information content (AvgIpc) is 2.88. The third-order valence-electron chi connectivity index (χ3n) is 6.26. The van der Waals surface area contributed by atoms with Crippen molar-refractivity contribution in [3.63, 3.8) is 0 Å². The maximum absolute atomic E-state index is 13.5. The van der Waals surface area contributed by atoms with E-state index in [-0.39, 0.29) is 0 Å². The van der Waals surface area contributed by atoms with Crippen LogP contribution in [0.25, 0.3) is 10.8 Å². The third kappa shape index (κ3) is 7.69. The van der Waals surface area contributed by atoms with Crippen LogP contribution < -0.4 is 10.1 Å². The number of rotatable bonds is 9. The number of carbonyl (C=O) groups is 5. The molecule has 3 rings (SSSR count). The van der Waals surface area contributed by atoms with Gasteiger partial charge in [-0.1, -0.05) is 24.3 Å². The average molecular weight is 560 g/mol. The molecule has 1 heterocycles. The Balaban J connectivity index is 1.94. The zero-order chi connectivity index (χ0) is 29.6. The number of benzene rings is 2. The molecule has 6 unspecified atom stereocenters. The summed E-state index contributed by atoms with van der Waals surface area (Å²) in [6.07, 6.45) is -5.29. The Labute approximate surface area is 231 Å². The fourth-order valence-electron chi connectivity index (χ4n) is 4.40. The van der Waals surface area contributed by atoms with Gasteiger partial charge in [0.1, 0.15) is 24.5 Å². The van der Waals surface area contributed by atoms with Crippen LogP contribution in [0.3, 0.4) is 0 Å². The minimum absolute atomic E-state index is 0.401. The Morgan fingerprint density at radius 1 is 0.825 bits per heavy atom. The summed E-state index contributed by atoms with van der Waals surface area (Å²) in [4.78, 5) is 60.9. The lowest BCUT2D eigenvalue weighted by Gasteiger charge is -2.44. The van der Waals surface area contributed by atoms with Gasteiger partial charge in [0, 0.05) is 27.7 Å². The molecule has 1 N–H and O–H groups in total. The van der Waals surface area contributed by atoms with Crippen molar-refractivity contribution in [3.8, 4) is 5.75 Å². The van der Waals surface area contributed by atoms with E-state index < -0.39 is 73.0 Å². The van der Waals surface area contributed by atoms with Crippen molar-refractivity contribution >= 4 is 40.6 Å². The summed E-state index contributed by atoms with van der Waals surface area (Å²) in [6, 6.07) is 9.81. The van der Waals surface area contributed by atoms with Crippen molar-refractivity contribution in [1.82, 2.24) is 5.32 Å². The van der Waals surface area contributed by atoms with Gasteiger partial charge in [-0.25, -0.2) is 0 Å². The van der Waals surface area contributed by atoms with Crippen LogP contribution in [0.5, 0.6) is 5.75 Å². The lowest BCUT2D eigenvalue weighted by Crippen LogP contribution is -2.67. The van der Waals surface area contributed by atoms with Crippen LogP contribution in [0.1, 0.15) is 46.1 Å². The summed E-state index contributed by atoms with van der Waals surface area (Å²) in [5.74, 6) is -3.39. The molecule has 0 radical (unpaired) electrons. The lowest BCUT2D eigenvalue weighted by atomic mass is 9.93. The van der Waals surface area contributed by atoms with Gasteiger partial charge in [0.15, 0.2) is 12.2 Å². The minimum atomic E-state index is -1.46. The fourth-order valence-corrected chi connectivity index (χ4v) is 4.40. The first kappa shape index (κ1) is 30.4. The minimum Gasteiger partial charge on any atom is -0.497 e. The zero-order valence-corrected chi connectivity index (χ0v) is 23.1. The Morgan fingerprint density at radius 2 is 1.43 bits per heavy atom. The van der Waals surface area contributed by atoms with Crippen LogP contribution in [-0.2, 0) is 47.7 Å². The van der Waals surface area contributed by atoms with E-state index in [2.05, 4.69) is 5.32 Å². The predicted molar refractivity (Wildman–Crippen MR) is 139 cm³/mol. The maximum atomic E-state index is 13.5. The molecule has 2 aromatic rings. The van der Waals surface area contributed by atoms with Gasteiger partial charge in [-0.05, 0) is 35.4 Å². The molecular formula is C28H33NO11. The van der Waals surface area contributed by atoms with E-state index in [0.29, 0.717) is 11.3 Å². The molecule has 0 aliphatic carbocycles. The van der Waals surface area contributed by atoms with Crippen LogP contribution in [0.2, 0.25) is 0 Å². The fraction of sp³-hybridized carbons (Fsp3) is 0.464. The molecule has 0 saturated carbocycles. The van der Waals surface area contributed by atoms with E-state index >= 15 is 0 Å². The van der Waals surface area contributed by atoms with Crippen molar-refractivity contribution in [2.24, 2.45) is 0 Å². The zero-order valence-electron chi connectivity index (χ0n) is 23.1. The third-order valence-corrected chi connectivity index (χ3v) is 6.26. The molecule has 1 aliphatic rings.